The minimum Gasteiger partial charge on any atom is -0.507 e. The lowest BCUT2D eigenvalue weighted by Gasteiger charge is -2.30. The molecule has 4 nitrogen and oxygen atoms in total. The Hall–Kier alpha value is -2.59. The fourth-order valence-corrected chi connectivity index (χ4v) is 3.95. The highest BCUT2D eigenvalue weighted by molar-refractivity contribution is 5.96. The number of hydrogen-bond acceptors (Lipinski definition) is 4. The molecule has 1 saturated heterocycles. The first kappa shape index (κ1) is 17.8. The van der Waals surface area contributed by atoms with Crippen LogP contribution in [0.15, 0.2) is 51.7 Å². The molecule has 1 aromatic heterocycles. The van der Waals surface area contributed by atoms with Gasteiger partial charge in [-0.3, -0.25) is 4.90 Å². The number of phenolic OH excluding ortho intramolecular Hbond substituents is 1. The van der Waals surface area contributed by atoms with Gasteiger partial charge in [0.1, 0.15) is 11.3 Å². The fourth-order valence-electron chi connectivity index (χ4n) is 3.95. The van der Waals surface area contributed by atoms with Crippen molar-refractivity contribution in [2.45, 2.75) is 33.2 Å². The zero-order valence-electron chi connectivity index (χ0n) is 15.9. The van der Waals surface area contributed by atoms with Crippen molar-refractivity contribution in [3.63, 3.8) is 0 Å². The average Bonchev–Trinajstić information content (AvgIpc) is 2.68. The summed E-state index contributed by atoms with van der Waals surface area (Å²) in [7, 11) is 0. The Kier molecular flexibility index (Phi) is 4.75. The minimum atomic E-state index is -0.401. The van der Waals surface area contributed by atoms with E-state index in [0.29, 0.717) is 17.7 Å². The molecule has 0 saturated carbocycles. The number of hydrogen-bond donors (Lipinski definition) is 1. The van der Waals surface area contributed by atoms with Crippen LogP contribution in [0.5, 0.6) is 5.75 Å². The normalized spacial score (nSPS) is 16.1. The maximum atomic E-state index is 12.1. The van der Waals surface area contributed by atoms with Crippen LogP contribution < -0.4 is 5.63 Å². The van der Waals surface area contributed by atoms with Crippen LogP contribution in [-0.4, -0.2) is 23.1 Å². The maximum absolute atomic E-state index is 12.1. The Labute approximate surface area is 159 Å². The van der Waals surface area contributed by atoms with E-state index in [1.807, 2.05) is 43.3 Å². The summed E-state index contributed by atoms with van der Waals surface area (Å²) in [5.41, 5.74) is 3.40. The molecule has 0 unspecified atom stereocenters. The van der Waals surface area contributed by atoms with Gasteiger partial charge in [-0.1, -0.05) is 37.3 Å². The van der Waals surface area contributed by atoms with Gasteiger partial charge in [-0.2, -0.15) is 0 Å². The van der Waals surface area contributed by atoms with Crippen LogP contribution in [0.2, 0.25) is 0 Å². The molecule has 2 aromatic carbocycles. The molecule has 0 amide bonds. The first-order valence-electron chi connectivity index (χ1n) is 9.60. The summed E-state index contributed by atoms with van der Waals surface area (Å²) in [6.45, 7) is 6.92. The van der Waals surface area contributed by atoms with Crippen molar-refractivity contribution in [2.24, 2.45) is 5.92 Å². The molecular weight excluding hydrogens is 338 g/mol. The maximum Gasteiger partial charge on any atom is 0.336 e. The van der Waals surface area contributed by atoms with E-state index in [0.717, 1.165) is 41.1 Å². The molecule has 2 heterocycles. The fraction of sp³-hybridized carbons (Fsp3) is 0.348. The van der Waals surface area contributed by atoms with Gasteiger partial charge in [-0.15, -0.1) is 0 Å². The number of nitrogens with zero attached hydrogens (tertiary/aromatic N) is 1. The molecule has 1 aliphatic heterocycles. The third-order valence-electron chi connectivity index (χ3n) is 5.67. The molecule has 1 N–H and O–H groups in total. The second kappa shape index (κ2) is 7.20. The number of aromatic hydroxyl groups is 1. The van der Waals surface area contributed by atoms with Gasteiger partial charge in [0, 0.05) is 29.1 Å². The molecule has 1 aliphatic rings. The summed E-state index contributed by atoms with van der Waals surface area (Å²) in [6.07, 6.45) is 2.38. The van der Waals surface area contributed by atoms with Crippen molar-refractivity contribution in [3.8, 4) is 16.9 Å². The predicted octanol–water partition coefficient (Wildman–Crippen LogP) is 4.71. The van der Waals surface area contributed by atoms with Crippen LogP contribution in [0.4, 0.5) is 0 Å². The Morgan fingerprint density at radius 3 is 2.56 bits per heavy atom. The van der Waals surface area contributed by atoms with Crippen molar-refractivity contribution in [2.75, 3.05) is 13.1 Å². The lowest BCUT2D eigenvalue weighted by molar-refractivity contribution is 0.183. The van der Waals surface area contributed by atoms with E-state index in [9.17, 15) is 9.90 Å². The van der Waals surface area contributed by atoms with E-state index in [1.54, 1.807) is 6.07 Å². The summed E-state index contributed by atoms with van der Waals surface area (Å²) >= 11 is 0. The lowest BCUT2D eigenvalue weighted by Crippen LogP contribution is -2.32. The number of aryl methyl sites for hydroxylation is 1. The lowest BCUT2D eigenvalue weighted by atomic mass is 9.96. The van der Waals surface area contributed by atoms with Crippen molar-refractivity contribution < 1.29 is 9.52 Å². The largest absolute Gasteiger partial charge is 0.507 e. The van der Waals surface area contributed by atoms with Crippen LogP contribution in [-0.2, 0) is 6.54 Å². The third-order valence-corrected chi connectivity index (χ3v) is 5.67. The zero-order valence-corrected chi connectivity index (χ0v) is 15.9. The van der Waals surface area contributed by atoms with Crippen molar-refractivity contribution in [1.82, 2.24) is 4.90 Å². The summed E-state index contributed by atoms with van der Waals surface area (Å²) < 4.78 is 5.47. The number of phenols is 1. The van der Waals surface area contributed by atoms with Crippen molar-refractivity contribution in [1.29, 1.82) is 0 Å². The molecule has 4 heteroatoms. The number of likely N-dealkylation sites (tertiary alicyclic amines) is 1. The van der Waals surface area contributed by atoms with Gasteiger partial charge >= 0.3 is 5.63 Å². The highest BCUT2D eigenvalue weighted by Crippen LogP contribution is 2.36. The van der Waals surface area contributed by atoms with Crippen molar-refractivity contribution >= 4 is 11.0 Å². The Morgan fingerprint density at radius 2 is 1.85 bits per heavy atom. The Balaban J connectivity index is 1.83. The van der Waals surface area contributed by atoms with E-state index in [1.165, 1.54) is 12.8 Å². The van der Waals surface area contributed by atoms with E-state index in [-0.39, 0.29) is 5.75 Å². The molecule has 27 heavy (non-hydrogen) atoms. The van der Waals surface area contributed by atoms with Crippen LogP contribution in [0.25, 0.3) is 22.1 Å². The minimum absolute atomic E-state index is 0.231. The van der Waals surface area contributed by atoms with E-state index >= 15 is 0 Å². The predicted molar refractivity (Wildman–Crippen MR) is 108 cm³/mol. The molecule has 1 fully saturated rings. The molecule has 4 rings (SSSR count). The van der Waals surface area contributed by atoms with Crippen LogP contribution >= 0.6 is 0 Å². The summed E-state index contributed by atoms with van der Waals surface area (Å²) in [4.78, 5) is 14.5. The molecule has 0 atom stereocenters. The SMILES string of the molecule is Cc1c(O)c(CN2CCC(C)CC2)cc2c(-c3ccccc3)cc(=O)oc12. The zero-order chi connectivity index (χ0) is 19.0. The van der Waals surface area contributed by atoms with Crippen LogP contribution in [0, 0.1) is 12.8 Å². The number of benzene rings is 2. The topological polar surface area (TPSA) is 53.7 Å². The standard InChI is InChI=1S/C23H25NO3/c1-15-8-10-24(11-9-15)14-18-12-20-19(17-6-4-3-5-7-17)13-21(25)27-23(20)16(2)22(18)26/h3-7,12-13,15,26H,8-11,14H2,1-2H3. The van der Waals surface area contributed by atoms with E-state index in [2.05, 4.69) is 11.8 Å². The van der Waals surface area contributed by atoms with E-state index < -0.39 is 5.63 Å². The molecule has 0 aliphatic carbocycles. The first-order valence-corrected chi connectivity index (χ1v) is 9.60. The Bertz CT molecular complexity index is 1020. The second-order valence-electron chi connectivity index (χ2n) is 7.69. The number of piperidine rings is 1. The van der Waals surface area contributed by atoms with Crippen LogP contribution in [0.1, 0.15) is 30.9 Å². The molecule has 0 radical (unpaired) electrons. The Morgan fingerprint density at radius 1 is 1.15 bits per heavy atom. The third kappa shape index (κ3) is 3.50. The van der Waals surface area contributed by atoms with E-state index in [4.69, 9.17) is 4.42 Å². The molecule has 0 bridgehead atoms. The molecule has 140 valence electrons. The van der Waals surface area contributed by atoms with Gasteiger partial charge in [-0.25, -0.2) is 4.79 Å². The smallest absolute Gasteiger partial charge is 0.336 e. The quantitative estimate of drug-likeness (QED) is 0.685. The van der Waals surface area contributed by atoms with Crippen molar-refractivity contribution in [3.05, 3.63) is 64.0 Å². The van der Waals surface area contributed by atoms with Gasteiger partial charge in [0.05, 0.1) is 0 Å². The van der Waals surface area contributed by atoms with Gasteiger partial charge in [-0.05, 0) is 56.0 Å². The summed E-state index contributed by atoms with van der Waals surface area (Å²) in [5, 5.41) is 11.6. The average molecular weight is 363 g/mol. The number of rotatable bonds is 3. The summed E-state index contributed by atoms with van der Waals surface area (Å²) in [6, 6.07) is 13.4. The molecule has 3 aromatic rings. The van der Waals surface area contributed by atoms with Gasteiger partial charge in [0.25, 0.3) is 0 Å². The molecular formula is C23H25NO3. The summed E-state index contributed by atoms with van der Waals surface area (Å²) in [5.74, 6) is 1.00. The highest BCUT2D eigenvalue weighted by Gasteiger charge is 2.20. The number of fused-ring (bicyclic) bond motifs is 1. The van der Waals surface area contributed by atoms with Gasteiger partial charge in [0.15, 0.2) is 0 Å². The first-order chi connectivity index (χ1) is 13.0. The monoisotopic (exact) mass is 363 g/mol. The van der Waals surface area contributed by atoms with Crippen LogP contribution in [0.3, 0.4) is 0 Å². The second-order valence-corrected chi connectivity index (χ2v) is 7.69. The highest BCUT2D eigenvalue weighted by atomic mass is 16.4. The van der Waals surface area contributed by atoms with Gasteiger partial charge < -0.3 is 9.52 Å². The van der Waals surface area contributed by atoms with Gasteiger partial charge in [0.2, 0.25) is 0 Å². The molecule has 0 spiro atoms.